The van der Waals surface area contributed by atoms with Crippen LogP contribution in [0.15, 0.2) is 0 Å². The molecule has 0 atom stereocenters. The molecule has 1 amide bonds. The number of rotatable bonds is 8. The Labute approximate surface area is 116 Å². The topological polar surface area (TPSA) is 67.6 Å². The molecule has 0 aromatic rings. The molecule has 0 spiro atoms. The molecule has 1 aliphatic rings. The zero-order valence-electron chi connectivity index (χ0n) is 12.4. The fraction of sp³-hybridized carbons (Fsp3) is 0.929. The first-order chi connectivity index (χ1) is 9.08. The van der Waals surface area contributed by atoms with Crippen molar-refractivity contribution in [2.75, 3.05) is 39.4 Å². The van der Waals surface area contributed by atoms with Gasteiger partial charge in [0.05, 0.1) is 13.2 Å². The second-order valence-corrected chi connectivity index (χ2v) is 5.76. The fourth-order valence-corrected chi connectivity index (χ4v) is 2.05. The van der Waals surface area contributed by atoms with Crippen LogP contribution < -0.4 is 11.1 Å². The lowest BCUT2D eigenvalue weighted by atomic mass is 10.1. The Morgan fingerprint density at radius 2 is 2.05 bits per heavy atom. The second-order valence-electron chi connectivity index (χ2n) is 5.76. The molecule has 0 bridgehead atoms. The maximum absolute atomic E-state index is 11.7. The van der Waals surface area contributed by atoms with Gasteiger partial charge in [0, 0.05) is 32.3 Å². The van der Waals surface area contributed by atoms with E-state index in [1.165, 1.54) is 0 Å². The maximum Gasteiger partial charge on any atom is 0.234 e. The molecule has 0 aliphatic carbocycles. The molecule has 1 rings (SSSR count). The highest BCUT2D eigenvalue weighted by Gasteiger charge is 2.17. The first kappa shape index (κ1) is 16.4. The lowest BCUT2D eigenvalue weighted by Crippen LogP contribution is -2.45. The lowest BCUT2D eigenvalue weighted by molar-refractivity contribution is -0.122. The van der Waals surface area contributed by atoms with Crippen molar-refractivity contribution in [2.45, 2.75) is 39.2 Å². The van der Waals surface area contributed by atoms with Crippen LogP contribution in [-0.4, -0.2) is 56.2 Å². The third-order valence-corrected chi connectivity index (χ3v) is 3.41. The molecule has 1 heterocycles. The van der Waals surface area contributed by atoms with Crippen molar-refractivity contribution < 1.29 is 9.53 Å². The van der Waals surface area contributed by atoms with E-state index in [2.05, 4.69) is 24.1 Å². The highest BCUT2D eigenvalue weighted by molar-refractivity contribution is 5.77. The van der Waals surface area contributed by atoms with E-state index in [4.69, 9.17) is 10.5 Å². The minimum absolute atomic E-state index is 0.0860. The first-order valence-corrected chi connectivity index (χ1v) is 7.40. The van der Waals surface area contributed by atoms with Crippen LogP contribution >= 0.6 is 0 Å². The van der Waals surface area contributed by atoms with Gasteiger partial charge in [0.25, 0.3) is 0 Å². The van der Waals surface area contributed by atoms with Gasteiger partial charge < -0.3 is 15.8 Å². The van der Waals surface area contributed by atoms with Crippen LogP contribution in [0.1, 0.15) is 33.1 Å². The van der Waals surface area contributed by atoms with Gasteiger partial charge in [0.2, 0.25) is 5.91 Å². The summed E-state index contributed by atoms with van der Waals surface area (Å²) in [6.45, 7) is 8.67. The van der Waals surface area contributed by atoms with E-state index in [1.54, 1.807) is 0 Å². The van der Waals surface area contributed by atoms with Gasteiger partial charge in [-0.1, -0.05) is 13.8 Å². The number of nitrogens with two attached hydrogens (primary N) is 1. The van der Waals surface area contributed by atoms with Gasteiger partial charge >= 0.3 is 0 Å². The van der Waals surface area contributed by atoms with E-state index in [1.807, 2.05) is 0 Å². The van der Waals surface area contributed by atoms with E-state index < -0.39 is 0 Å². The summed E-state index contributed by atoms with van der Waals surface area (Å²) in [6.07, 6.45) is 3.05. The molecule has 0 saturated carbocycles. The summed E-state index contributed by atoms with van der Waals surface area (Å²) in [5.41, 5.74) is 5.83. The Morgan fingerprint density at radius 1 is 1.37 bits per heavy atom. The van der Waals surface area contributed by atoms with Crippen molar-refractivity contribution in [1.82, 2.24) is 10.2 Å². The highest BCUT2D eigenvalue weighted by Crippen LogP contribution is 2.07. The van der Waals surface area contributed by atoms with Crippen LogP contribution in [0, 0.1) is 5.92 Å². The fourth-order valence-electron chi connectivity index (χ4n) is 2.05. The molecule has 1 fully saturated rings. The third kappa shape index (κ3) is 8.18. The van der Waals surface area contributed by atoms with Crippen LogP contribution in [0.25, 0.3) is 0 Å². The molecule has 3 N–H and O–H groups in total. The summed E-state index contributed by atoms with van der Waals surface area (Å²) in [5.74, 6) is 0.753. The molecular formula is C14H29N3O2. The van der Waals surface area contributed by atoms with E-state index in [0.29, 0.717) is 31.7 Å². The summed E-state index contributed by atoms with van der Waals surface area (Å²) in [4.78, 5) is 13.9. The molecule has 5 nitrogen and oxygen atoms in total. The van der Waals surface area contributed by atoms with Crippen LogP contribution in [-0.2, 0) is 9.53 Å². The summed E-state index contributed by atoms with van der Waals surface area (Å²) >= 11 is 0. The average molecular weight is 271 g/mol. The smallest absolute Gasteiger partial charge is 0.234 e. The maximum atomic E-state index is 11.7. The number of hydrogen-bond acceptors (Lipinski definition) is 4. The number of nitrogens with one attached hydrogen (secondary N) is 1. The van der Waals surface area contributed by atoms with E-state index in [-0.39, 0.29) is 5.91 Å². The normalized spacial score (nSPS) is 17.9. The van der Waals surface area contributed by atoms with Crippen LogP contribution in [0.4, 0.5) is 0 Å². The molecule has 1 saturated heterocycles. The minimum atomic E-state index is 0.0860. The third-order valence-electron chi connectivity index (χ3n) is 3.41. The first-order valence-electron chi connectivity index (χ1n) is 7.40. The molecule has 0 radical (unpaired) electrons. The Bertz CT molecular complexity index is 251. The number of carbonyl (C=O) groups excluding carboxylic acids is 1. The van der Waals surface area contributed by atoms with Gasteiger partial charge in [0.1, 0.15) is 0 Å². The molecule has 5 heteroatoms. The van der Waals surface area contributed by atoms with Crippen molar-refractivity contribution in [1.29, 1.82) is 0 Å². The molecule has 1 aliphatic heterocycles. The highest BCUT2D eigenvalue weighted by atomic mass is 16.5. The Kier molecular flexibility index (Phi) is 8.02. The lowest BCUT2D eigenvalue weighted by Gasteiger charge is -2.29. The minimum Gasteiger partial charge on any atom is -0.380 e. The number of carbonyl (C=O) groups is 1. The SMILES string of the molecule is CC(C)CCOCCNC(=O)CN1CCC(N)CC1. The van der Waals surface area contributed by atoms with Gasteiger partial charge in [-0.05, 0) is 25.2 Å². The van der Waals surface area contributed by atoms with Gasteiger partial charge in [-0.25, -0.2) is 0 Å². The Balaban J connectivity index is 1.96. The van der Waals surface area contributed by atoms with E-state index in [0.717, 1.165) is 39.0 Å². The van der Waals surface area contributed by atoms with Crippen LogP contribution in [0.2, 0.25) is 0 Å². The molecule has 112 valence electrons. The number of ether oxygens (including phenoxy) is 1. The summed E-state index contributed by atoms with van der Waals surface area (Å²) in [7, 11) is 0. The van der Waals surface area contributed by atoms with E-state index >= 15 is 0 Å². The van der Waals surface area contributed by atoms with Gasteiger partial charge in [0.15, 0.2) is 0 Å². The number of likely N-dealkylation sites (tertiary alicyclic amines) is 1. The predicted octanol–water partition coefficient (Wildman–Crippen LogP) is 0.588. The van der Waals surface area contributed by atoms with Gasteiger partial charge in [-0.2, -0.15) is 0 Å². The van der Waals surface area contributed by atoms with Gasteiger partial charge in [-0.3, -0.25) is 9.69 Å². The Morgan fingerprint density at radius 3 is 2.68 bits per heavy atom. The number of nitrogens with zero attached hydrogens (tertiary/aromatic N) is 1. The van der Waals surface area contributed by atoms with Crippen LogP contribution in [0.3, 0.4) is 0 Å². The number of hydrogen-bond donors (Lipinski definition) is 2. The van der Waals surface area contributed by atoms with Crippen molar-refractivity contribution >= 4 is 5.91 Å². The summed E-state index contributed by atoms with van der Waals surface area (Å²) < 4.78 is 5.45. The average Bonchev–Trinajstić information content (AvgIpc) is 2.36. The largest absolute Gasteiger partial charge is 0.380 e. The van der Waals surface area contributed by atoms with Crippen LogP contribution in [0.5, 0.6) is 0 Å². The monoisotopic (exact) mass is 271 g/mol. The number of piperidine rings is 1. The predicted molar refractivity (Wildman–Crippen MR) is 76.9 cm³/mol. The quantitative estimate of drug-likeness (QED) is 0.634. The number of amides is 1. The summed E-state index contributed by atoms with van der Waals surface area (Å²) in [6, 6.07) is 0.314. The molecule has 19 heavy (non-hydrogen) atoms. The zero-order chi connectivity index (χ0) is 14.1. The summed E-state index contributed by atoms with van der Waals surface area (Å²) in [5, 5.41) is 2.89. The zero-order valence-corrected chi connectivity index (χ0v) is 12.4. The van der Waals surface area contributed by atoms with E-state index in [9.17, 15) is 4.79 Å². The Hall–Kier alpha value is -0.650. The van der Waals surface area contributed by atoms with Gasteiger partial charge in [-0.15, -0.1) is 0 Å². The molecule has 0 aromatic heterocycles. The molecule has 0 aromatic carbocycles. The second kappa shape index (κ2) is 9.28. The van der Waals surface area contributed by atoms with Crippen molar-refractivity contribution in [2.24, 2.45) is 11.7 Å². The standard InChI is InChI=1S/C14H29N3O2/c1-12(2)5-9-19-10-6-16-14(18)11-17-7-3-13(15)4-8-17/h12-13H,3-11,15H2,1-2H3,(H,16,18). The molecule has 0 unspecified atom stereocenters. The van der Waals surface area contributed by atoms with Crippen molar-refractivity contribution in [3.63, 3.8) is 0 Å². The van der Waals surface area contributed by atoms with Crippen molar-refractivity contribution in [3.8, 4) is 0 Å². The molecular weight excluding hydrogens is 242 g/mol. The van der Waals surface area contributed by atoms with Crippen molar-refractivity contribution in [3.05, 3.63) is 0 Å².